The summed E-state index contributed by atoms with van der Waals surface area (Å²) in [4.78, 5) is 0.351. The number of aliphatic hydroxyl groups is 1. The Bertz CT molecular complexity index is 544. The quantitative estimate of drug-likeness (QED) is 0.916. The normalized spacial score (nSPS) is 21.4. The van der Waals surface area contributed by atoms with Crippen LogP contribution in [0.3, 0.4) is 0 Å². The first-order valence-corrected chi connectivity index (χ1v) is 8.05. The van der Waals surface area contributed by atoms with Gasteiger partial charge in [0.15, 0.2) is 0 Å². The van der Waals surface area contributed by atoms with Crippen molar-refractivity contribution in [2.75, 3.05) is 19.7 Å². The summed E-state index contributed by atoms with van der Waals surface area (Å²) < 4.78 is 27.2. The van der Waals surface area contributed by atoms with Crippen LogP contribution < -0.4 is 0 Å². The van der Waals surface area contributed by atoms with Gasteiger partial charge in [-0.3, -0.25) is 0 Å². The van der Waals surface area contributed by atoms with Crippen molar-refractivity contribution >= 4 is 26.0 Å². The third kappa shape index (κ3) is 2.61. The van der Waals surface area contributed by atoms with Crippen molar-refractivity contribution < 1.29 is 13.5 Å². The number of rotatable bonds is 3. The lowest BCUT2D eigenvalue weighted by atomic mass is 10.1. The first kappa shape index (κ1) is 14.0. The standard InChI is InChI=1S/C12H16BrNO3S/c1-9-6-11(13)2-3-12(9)18(16,17)14-5-4-10(7-14)8-15/h2-3,6,10,15H,4-5,7-8H2,1H3/t10-/m0/s1. The van der Waals surface area contributed by atoms with Crippen molar-refractivity contribution in [1.29, 1.82) is 0 Å². The molecule has 18 heavy (non-hydrogen) atoms. The lowest BCUT2D eigenvalue weighted by Crippen LogP contribution is -2.29. The van der Waals surface area contributed by atoms with Crippen LogP contribution >= 0.6 is 15.9 Å². The number of benzene rings is 1. The molecule has 1 aromatic carbocycles. The minimum absolute atomic E-state index is 0.0470. The maximum atomic E-state index is 12.5. The van der Waals surface area contributed by atoms with Gasteiger partial charge in [-0.05, 0) is 43.0 Å². The molecule has 0 saturated carbocycles. The summed E-state index contributed by atoms with van der Waals surface area (Å²) in [7, 11) is -3.43. The molecule has 1 fully saturated rings. The molecule has 0 aromatic heterocycles. The van der Waals surface area contributed by atoms with Crippen molar-refractivity contribution in [3.05, 3.63) is 28.2 Å². The fourth-order valence-electron chi connectivity index (χ4n) is 2.21. The monoisotopic (exact) mass is 333 g/mol. The second kappa shape index (κ2) is 5.28. The van der Waals surface area contributed by atoms with Crippen LogP contribution in [0.15, 0.2) is 27.6 Å². The Labute approximate surface area is 116 Å². The number of aryl methyl sites for hydroxylation is 1. The highest BCUT2D eigenvalue weighted by Crippen LogP contribution is 2.27. The highest BCUT2D eigenvalue weighted by atomic mass is 79.9. The Morgan fingerprint density at radius 2 is 2.22 bits per heavy atom. The topological polar surface area (TPSA) is 57.6 Å². The summed E-state index contributed by atoms with van der Waals surface area (Å²) in [5.41, 5.74) is 0.733. The summed E-state index contributed by atoms with van der Waals surface area (Å²) >= 11 is 3.33. The van der Waals surface area contributed by atoms with E-state index >= 15 is 0 Å². The van der Waals surface area contributed by atoms with E-state index in [4.69, 9.17) is 5.11 Å². The van der Waals surface area contributed by atoms with Gasteiger partial charge in [0, 0.05) is 24.2 Å². The summed E-state index contributed by atoms with van der Waals surface area (Å²) in [6.45, 7) is 2.74. The second-order valence-corrected chi connectivity index (χ2v) is 7.43. The van der Waals surface area contributed by atoms with Crippen LogP contribution in [0.4, 0.5) is 0 Å². The Kier molecular flexibility index (Phi) is 4.11. The highest BCUT2D eigenvalue weighted by Gasteiger charge is 2.32. The third-order valence-electron chi connectivity index (χ3n) is 3.26. The predicted molar refractivity (Wildman–Crippen MR) is 72.8 cm³/mol. The van der Waals surface area contributed by atoms with Crippen LogP contribution in [-0.4, -0.2) is 37.5 Å². The van der Waals surface area contributed by atoms with E-state index in [1.165, 1.54) is 4.31 Å². The van der Waals surface area contributed by atoms with E-state index < -0.39 is 10.0 Å². The van der Waals surface area contributed by atoms with Crippen molar-refractivity contribution in [2.45, 2.75) is 18.2 Å². The number of nitrogens with zero attached hydrogens (tertiary/aromatic N) is 1. The highest BCUT2D eigenvalue weighted by molar-refractivity contribution is 9.10. The molecule has 100 valence electrons. The summed E-state index contributed by atoms with van der Waals surface area (Å²) in [5.74, 6) is 0.0653. The summed E-state index contributed by atoms with van der Waals surface area (Å²) in [5, 5.41) is 9.08. The van der Waals surface area contributed by atoms with E-state index in [-0.39, 0.29) is 12.5 Å². The molecular weight excluding hydrogens is 318 g/mol. The molecule has 0 bridgehead atoms. The summed E-state index contributed by atoms with van der Waals surface area (Å²) in [6.07, 6.45) is 0.727. The Morgan fingerprint density at radius 1 is 1.50 bits per heavy atom. The molecule has 1 atom stereocenters. The molecule has 1 N–H and O–H groups in total. The fraction of sp³-hybridized carbons (Fsp3) is 0.500. The molecule has 4 nitrogen and oxygen atoms in total. The smallest absolute Gasteiger partial charge is 0.243 e. The number of hydrogen-bond donors (Lipinski definition) is 1. The average Bonchev–Trinajstić information content (AvgIpc) is 2.77. The van der Waals surface area contributed by atoms with Crippen molar-refractivity contribution in [2.24, 2.45) is 5.92 Å². The Balaban J connectivity index is 2.31. The molecule has 0 spiro atoms. The van der Waals surface area contributed by atoms with E-state index in [0.29, 0.717) is 18.0 Å². The first-order valence-electron chi connectivity index (χ1n) is 5.82. The van der Waals surface area contributed by atoms with Crippen LogP contribution in [0.2, 0.25) is 0 Å². The first-order chi connectivity index (χ1) is 8.45. The maximum Gasteiger partial charge on any atom is 0.243 e. The van der Waals surface area contributed by atoms with E-state index in [9.17, 15) is 8.42 Å². The predicted octanol–water partition coefficient (Wildman–Crippen LogP) is 1.76. The van der Waals surface area contributed by atoms with E-state index in [1.807, 2.05) is 0 Å². The molecule has 0 amide bonds. The van der Waals surface area contributed by atoms with Gasteiger partial charge in [-0.25, -0.2) is 8.42 Å². The van der Waals surface area contributed by atoms with Gasteiger partial charge >= 0.3 is 0 Å². The number of halogens is 1. The van der Waals surface area contributed by atoms with Crippen LogP contribution in [0.5, 0.6) is 0 Å². The SMILES string of the molecule is Cc1cc(Br)ccc1S(=O)(=O)N1CC[C@H](CO)C1. The van der Waals surface area contributed by atoms with E-state index in [1.54, 1.807) is 25.1 Å². The zero-order valence-corrected chi connectivity index (χ0v) is 12.5. The Morgan fingerprint density at radius 3 is 2.78 bits per heavy atom. The lowest BCUT2D eigenvalue weighted by molar-refractivity contribution is 0.233. The maximum absolute atomic E-state index is 12.5. The molecular formula is C12H16BrNO3S. The van der Waals surface area contributed by atoms with Gasteiger partial charge in [-0.2, -0.15) is 4.31 Å². The number of aliphatic hydroxyl groups excluding tert-OH is 1. The Hall–Kier alpha value is -0.430. The molecule has 0 unspecified atom stereocenters. The number of sulfonamides is 1. The largest absolute Gasteiger partial charge is 0.396 e. The molecule has 6 heteroatoms. The van der Waals surface area contributed by atoms with Gasteiger partial charge in [0.1, 0.15) is 0 Å². The van der Waals surface area contributed by atoms with E-state index in [2.05, 4.69) is 15.9 Å². The average molecular weight is 334 g/mol. The fourth-order valence-corrected chi connectivity index (χ4v) is 4.42. The minimum atomic E-state index is -3.43. The van der Waals surface area contributed by atoms with Gasteiger partial charge < -0.3 is 5.11 Å². The molecule has 0 radical (unpaired) electrons. The van der Waals surface area contributed by atoms with Crippen molar-refractivity contribution in [1.82, 2.24) is 4.31 Å². The molecule has 1 aliphatic rings. The molecule has 1 heterocycles. The van der Waals surface area contributed by atoms with Crippen LogP contribution in [0, 0.1) is 12.8 Å². The van der Waals surface area contributed by atoms with Gasteiger partial charge in [0.25, 0.3) is 0 Å². The van der Waals surface area contributed by atoms with Gasteiger partial charge in [-0.1, -0.05) is 15.9 Å². The zero-order valence-electron chi connectivity index (χ0n) is 10.1. The van der Waals surface area contributed by atoms with E-state index in [0.717, 1.165) is 16.5 Å². The zero-order chi connectivity index (χ0) is 13.3. The van der Waals surface area contributed by atoms with Gasteiger partial charge in [0.2, 0.25) is 10.0 Å². The number of hydrogen-bond acceptors (Lipinski definition) is 3. The third-order valence-corrected chi connectivity index (χ3v) is 5.78. The molecule has 1 aromatic rings. The van der Waals surface area contributed by atoms with Gasteiger partial charge in [-0.15, -0.1) is 0 Å². The van der Waals surface area contributed by atoms with Crippen LogP contribution in [-0.2, 0) is 10.0 Å². The molecule has 1 saturated heterocycles. The van der Waals surface area contributed by atoms with Crippen molar-refractivity contribution in [3.8, 4) is 0 Å². The van der Waals surface area contributed by atoms with Crippen LogP contribution in [0.1, 0.15) is 12.0 Å². The molecule has 1 aliphatic heterocycles. The van der Waals surface area contributed by atoms with Crippen molar-refractivity contribution in [3.63, 3.8) is 0 Å². The minimum Gasteiger partial charge on any atom is -0.396 e. The van der Waals surface area contributed by atoms with Crippen LogP contribution in [0.25, 0.3) is 0 Å². The van der Waals surface area contributed by atoms with Gasteiger partial charge in [0.05, 0.1) is 4.90 Å². The lowest BCUT2D eigenvalue weighted by Gasteiger charge is -2.17. The molecule has 0 aliphatic carbocycles. The molecule has 2 rings (SSSR count). The second-order valence-electron chi connectivity index (χ2n) is 4.61. The summed E-state index contributed by atoms with van der Waals surface area (Å²) in [6, 6.07) is 5.16.